The molecule has 0 atom stereocenters. The summed E-state index contributed by atoms with van der Waals surface area (Å²) in [6.45, 7) is 0.725. The molecule has 1 aliphatic rings. The van der Waals surface area contributed by atoms with Gasteiger partial charge >= 0.3 is 5.97 Å². The molecule has 0 fully saturated rings. The molecule has 7 nitrogen and oxygen atoms in total. The maximum Gasteiger partial charge on any atom is 0.323 e. The highest BCUT2D eigenvalue weighted by Crippen LogP contribution is 2.32. The number of imide groups is 1. The molecule has 0 bridgehead atoms. The van der Waals surface area contributed by atoms with Gasteiger partial charge in [0.1, 0.15) is 18.2 Å². The molecular formula is C22H19N3O4. The molecule has 1 aliphatic heterocycles. The van der Waals surface area contributed by atoms with Crippen LogP contribution in [0.2, 0.25) is 0 Å². The number of nitrogens with zero attached hydrogens (tertiary/aromatic N) is 3. The number of nitriles is 1. The van der Waals surface area contributed by atoms with E-state index in [1.54, 1.807) is 12.1 Å². The lowest BCUT2D eigenvalue weighted by molar-refractivity contribution is -0.149. The van der Waals surface area contributed by atoms with E-state index >= 15 is 0 Å². The van der Waals surface area contributed by atoms with Crippen molar-refractivity contribution in [3.8, 4) is 6.07 Å². The molecule has 146 valence electrons. The number of carbonyl (C=O) groups excluding carboxylic acids is 2. The van der Waals surface area contributed by atoms with Crippen LogP contribution in [0.4, 0.5) is 5.69 Å². The van der Waals surface area contributed by atoms with E-state index < -0.39 is 24.3 Å². The lowest BCUT2D eigenvalue weighted by atomic mass is 9.92. The Morgan fingerprint density at radius 3 is 2.38 bits per heavy atom. The fourth-order valence-corrected chi connectivity index (χ4v) is 3.39. The van der Waals surface area contributed by atoms with Gasteiger partial charge in [0, 0.05) is 30.7 Å². The average molecular weight is 389 g/mol. The summed E-state index contributed by atoms with van der Waals surface area (Å²) in [6.07, 6.45) is 1.61. The number of hydrogen-bond acceptors (Lipinski definition) is 5. The molecule has 0 spiro atoms. The third-order valence-corrected chi connectivity index (χ3v) is 4.84. The first-order valence-corrected chi connectivity index (χ1v) is 8.86. The Morgan fingerprint density at radius 1 is 1.14 bits per heavy atom. The first-order chi connectivity index (χ1) is 13.8. The topological polar surface area (TPSA) is 102 Å². The monoisotopic (exact) mass is 389 g/mol. The van der Waals surface area contributed by atoms with Gasteiger partial charge in [0.05, 0.1) is 0 Å². The number of hydrogen-bond donors (Lipinski definition) is 1. The summed E-state index contributed by atoms with van der Waals surface area (Å²) in [4.78, 5) is 38.9. The Kier molecular flexibility index (Phi) is 5.20. The molecule has 2 aromatic rings. The molecule has 2 aromatic carbocycles. The van der Waals surface area contributed by atoms with Crippen LogP contribution in [0, 0.1) is 11.3 Å². The molecular weight excluding hydrogens is 370 g/mol. The molecule has 3 rings (SSSR count). The maximum atomic E-state index is 12.9. The molecule has 1 N–H and O–H groups in total. The van der Waals surface area contributed by atoms with E-state index in [9.17, 15) is 19.6 Å². The number of anilines is 1. The minimum Gasteiger partial charge on any atom is -0.480 e. The summed E-state index contributed by atoms with van der Waals surface area (Å²) in [7, 11) is 3.87. The van der Waals surface area contributed by atoms with E-state index in [1.165, 1.54) is 6.92 Å². The number of fused-ring (bicyclic) bond motifs is 1. The van der Waals surface area contributed by atoms with Crippen molar-refractivity contribution in [3.63, 3.8) is 0 Å². The number of rotatable bonds is 4. The lowest BCUT2D eigenvalue weighted by Gasteiger charge is -2.26. The number of benzene rings is 2. The van der Waals surface area contributed by atoms with Gasteiger partial charge in [-0.1, -0.05) is 30.3 Å². The summed E-state index contributed by atoms with van der Waals surface area (Å²) in [6, 6.07) is 13.3. The number of carboxylic acids is 1. The van der Waals surface area contributed by atoms with Gasteiger partial charge < -0.3 is 10.0 Å². The van der Waals surface area contributed by atoms with Crippen molar-refractivity contribution in [2.45, 2.75) is 6.92 Å². The molecule has 7 heteroatoms. The highest BCUT2D eigenvalue weighted by atomic mass is 16.4. The second-order valence-corrected chi connectivity index (χ2v) is 6.87. The fourth-order valence-electron chi connectivity index (χ4n) is 3.39. The van der Waals surface area contributed by atoms with E-state index in [1.807, 2.05) is 55.4 Å². The fraction of sp³-hybridized carbons (Fsp3) is 0.182. The summed E-state index contributed by atoms with van der Waals surface area (Å²) >= 11 is 0. The highest BCUT2D eigenvalue weighted by molar-refractivity contribution is 6.21. The van der Waals surface area contributed by atoms with Crippen LogP contribution < -0.4 is 4.90 Å². The van der Waals surface area contributed by atoms with E-state index in [0.717, 1.165) is 22.0 Å². The van der Waals surface area contributed by atoms with Crippen molar-refractivity contribution >= 4 is 40.3 Å². The molecule has 1 heterocycles. The van der Waals surface area contributed by atoms with Gasteiger partial charge in [-0.2, -0.15) is 5.26 Å². The largest absolute Gasteiger partial charge is 0.480 e. The zero-order chi connectivity index (χ0) is 21.3. The van der Waals surface area contributed by atoms with Gasteiger partial charge in [-0.25, -0.2) is 0 Å². The Labute approximate surface area is 167 Å². The standard InChI is InChI=1S/C22H19N3O4/c1-13-17(21(28)25(12-20(26)27)22(29)18(13)11-23)10-14-8-9-19(24(2)3)16-7-5-4-6-15(14)16/h4-10H,12H2,1-3H3,(H,26,27)/b17-10-. The third kappa shape index (κ3) is 3.48. The Morgan fingerprint density at radius 2 is 1.79 bits per heavy atom. The van der Waals surface area contributed by atoms with Crippen molar-refractivity contribution < 1.29 is 19.5 Å². The number of carboxylic acid groups (broad SMARTS) is 1. The van der Waals surface area contributed by atoms with Crippen molar-refractivity contribution in [3.05, 3.63) is 58.7 Å². The van der Waals surface area contributed by atoms with Gasteiger partial charge in [0.15, 0.2) is 0 Å². The number of carbonyl (C=O) groups is 3. The van der Waals surface area contributed by atoms with Crippen molar-refractivity contribution in [2.75, 3.05) is 25.5 Å². The van der Waals surface area contributed by atoms with Crippen molar-refractivity contribution in [2.24, 2.45) is 0 Å². The summed E-state index contributed by atoms with van der Waals surface area (Å²) in [5.74, 6) is -2.94. The highest BCUT2D eigenvalue weighted by Gasteiger charge is 2.36. The van der Waals surface area contributed by atoms with E-state index in [4.69, 9.17) is 5.11 Å². The zero-order valence-electron chi connectivity index (χ0n) is 16.3. The van der Waals surface area contributed by atoms with Crippen LogP contribution in [-0.2, 0) is 14.4 Å². The minimum atomic E-state index is -1.33. The first-order valence-electron chi connectivity index (χ1n) is 8.86. The molecule has 0 saturated carbocycles. The Bertz CT molecular complexity index is 1150. The van der Waals surface area contributed by atoms with Crippen LogP contribution in [0.15, 0.2) is 53.1 Å². The summed E-state index contributed by atoms with van der Waals surface area (Å²) in [5.41, 5.74) is 1.88. The van der Waals surface area contributed by atoms with Crippen LogP contribution in [0.3, 0.4) is 0 Å². The SMILES string of the molecule is CC1=C(C#N)C(=O)N(CC(=O)O)C(=O)/C1=C\c1ccc(N(C)C)c2ccccc12. The Balaban J connectivity index is 2.24. The van der Waals surface area contributed by atoms with Crippen molar-refractivity contribution in [1.29, 1.82) is 5.26 Å². The first kappa shape index (κ1) is 19.8. The quantitative estimate of drug-likeness (QED) is 0.637. The van der Waals surface area contributed by atoms with Gasteiger partial charge in [-0.15, -0.1) is 0 Å². The molecule has 2 amide bonds. The van der Waals surface area contributed by atoms with Gasteiger partial charge in [-0.05, 0) is 35.6 Å². The van der Waals surface area contributed by atoms with Crippen LogP contribution in [0.25, 0.3) is 16.8 Å². The predicted molar refractivity (Wildman–Crippen MR) is 109 cm³/mol. The zero-order valence-corrected chi connectivity index (χ0v) is 16.3. The summed E-state index contributed by atoms with van der Waals surface area (Å²) in [5, 5.41) is 20.3. The molecule has 0 aliphatic carbocycles. The lowest BCUT2D eigenvalue weighted by Crippen LogP contribution is -2.45. The molecule has 0 radical (unpaired) electrons. The van der Waals surface area contributed by atoms with E-state index in [2.05, 4.69) is 0 Å². The van der Waals surface area contributed by atoms with Gasteiger partial charge in [-0.3, -0.25) is 19.3 Å². The van der Waals surface area contributed by atoms with Crippen LogP contribution in [0.1, 0.15) is 12.5 Å². The molecule has 0 saturated heterocycles. The number of amides is 2. The van der Waals surface area contributed by atoms with Crippen LogP contribution in [-0.4, -0.2) is 48.4 Å². The van der Waals surface area contributed by atoms with Crippen LogP contribution in [0.5, 0.6) is 0 Å². The number of aliphatic carboxylic acids is 1. The second-order valence-electron chi connectivity index (χ2n) is 6.87. The minimum absolute atomic E-state index is 0.130. The Hall–Kier alpha value is -3.92. The predicted octanol–water partition coefficient (Wildman–Crippen LogP) is 2.58. The van der Waals surface area contributed by atoms with Gasteiger partial charge in [0.25, 0.3) is 11.8 Å². The summed E-state index contributed by atoms with van der Waals surface area (Å²) < 4.78 is 0. The third-order valence-electron chi connectivity index (χ3n) is 4.84. The smallest absolute Gasteiger partial charge is 0.323 e. The molecule has 0 unspecified atom stereocenters. The van der Waals surface area contributed by atoms with Crippen molar-refractivity contribution in [1.82, 2.24) is 4.90 Å². The maximum absolute atomic E-state index is 12.9. The van der Waals surface area contributed by atoms with E-state index in [0.29, 0.717) is 4.90 Å². The molecule has 29 heavy (non-hydrogen) atoms. The van der Waals surface area contributed by atoms with Gasteiger partial charge in [0.2, 0.25) is 0 Å². The average Bonchev–Trinajstić information content (AvgIpc) is 2.68. The normalized spacial score (nSPS) is 15.8. The molecule has 0 aromatic heterocycles. The van der Waals surface area contributed by atoms with E-state index in [-0.39, 0.29) is 16.7 Å². The van der Waals surface area contributed by atoms with Crippen LogP contribution >= 0.6 is 0 Å². The second kappa shape index (κ2) is 7.60.